The maximum absolute atomic E-state index is 12.8. The van der Waals surface area contributed by atoms with Crippen molar-refractivity contribution < 1.29 is 19.7 Å². The second-order valence-corrected chi connectivity index (χ2v) is 8.47. The number of aromatic nitrogens is 5. The molecule has 12 heteroatoms. The SMILES string of the molecule is CN1CC[C@H](NC(=O)[C@H]2O[C@@H](n3cc(-c4ccn(C)n4)c4c(N)ncnc43)[C@H](O)[C@@H]2O)C1. The Morgan fingerprint density at radius 2 is 2.09 bits per heavy atom. The van der Waals surface area contributed by atoms with Gasteiger partial charge in [0.25, 0.3) is 5.91 Å². The monoisotopic (exact) mass is 442 g/mol. The molecule has 0 radical (unpaired) electrons. The van der Waals surface area contributed by atoms with Gasteiger partial charge >= 0.3 is 0 Å². The molecule has 12 nitrogen and oxygen atoms in total. The quantitative estimate of drug-likeness (QED) is 0.392. The van der Waals surface area contributed by atoms with Gasteiger partial charge in [-0.25, -0.2) is 9.97 Å². The van der Waals surface area contributed by atoms with Crippen molar-refractivity contribution in [1.29, 1.82) is 0 Å². The van der Waals surface area contributed by atoms with E-state index < -0.39 is 30.4 Å². The molecule has 170 valence electrons. The number of aliphatic hydroxyl groups excluding tert-OH is 2. The number of aliphatic hydroxyl groups is 2. The molecular formula is C20H26N8O4. The van der Waals surface area contributed by atoms with Gasteiger partial charge in [0, 0.05) is 37.6 Å². The highest BCUT2D eigenvalue weighted by Crippen LogP contribution is 2.38. The van der Waals surface area contributed by atoms with E-state index in [1.165, 1.54) is 6.33 Å². The van der Waals surface area contributed by atoms with Crippen LogP contribution in [-0.2, 0) is 16.6 Å². The van der Waals surface area contributed by atoms with Crippen LogP contribution in [0.5, 0.6) is 0 Å². The molecule has 1 amide bonds. The van der Waals surface area contributed by atoms with Crippen molar-refractivity contribution in [3.8, 4) is 11.3 Å². The van der Waals surface area contributed by atoms with E-state index in [-0.39, 0.29) is 11.9 Å². The van der Waals surface area contributed by atoms with Gasteiger partial charge in [0.2, 0.25) is 0 Å². The lowest BCUT2D eigenvalue weighted by Crippen LogP contribution is -2.47. The molecule has 2 fully saturated rings. The van der Waals surface area contributed by atoms with E-state index in [2.05, 4.69) is 25.3 Å². The fourth-order valence-corrected chi connectivity index (χ4v) is 4.50. The molecular weight excluding hydrogens is 416 g/mol. The normalized spacial score (nSPS) is 28.6. The van der Waals surface area contributed by atoms with E-state index in [0.717, 1.165) is 19.5 Å². The highest BCUT2D eigenvalue weighted by atomic mass is 16.6. The number of hydrogen-bond acceptors (Lipinski definition) is 9. The van der Waals surface area contributed by atoms with Gasteiger partial charge in [0.15, 0.2) is 12.3 Å². The Bertz CT molecular complexity index is 1160. The molecule has 3 aromatic heterocycles. The zero-order valence-electron chi connectivity index (χ0n) is 17.8. The molecule has 2 saturated heterocycles. The van der Waals surface area contributed by atoms with E-state index in [9.17, 15) is 15.0 Å². The third-order valence-electron chi connectivity index (χ3n) is 6.14. The van der Waals surface area contributed by atoms with Gasteiger partial charge < -0.3 is 35.5 Å². The van der Waals surface area contributed by atoms with Crippen LogP contribution in [0.4, 0.5) is 5.82 Å². The minimum absolute atomic E-state index is 0.0183. The van der Waals surface area contributed by atoms with Crippen LogP contribution in [0.2, 0.25) is 0 Å². The second-order valence-electron chi connectivity index (χ2n) is 8.47. The summed E-state index contributed by atoms with van der Waals surface area (Å²) in [4.78, 5) is 23.3. The molecule has 5 rings (SSSR count). The molecule has 0 bridgehead atoms. The summed E-state index contributed by atoms with van der Waals surface area (Å²) >= 11 is 0. The summed E-state index contributed by atoms with van der Waals surface area (Å²) in [5.74, 6) is -0.197. The van der Waals surface area contributed by atoms with Crippen LogP contribution in [-0.4, -0.2) is 89.8 Å². The largest absolute Gasteiger partial charge is 0.387 e. The predicted octanol–water partition coefficient (Wildman–Crippen LogP) is -1.15. The van der Waals surface area contributed by atoms with Crippen molar-refractivity contribution in [3.63, 3.8) is 0 Å². The Balaban J connectivity index is 1.47. The number of nitrogens with one attached hydrogen (secondary N) is 1. The van der Waals surface area contributed by atoms with Crippen molar-refractivity contribution in [2.24, 2.45) is 7.05 Å². The number of ether oxygens (including phenoxy) is 1. The van der Waals surface area contributed by atoms with Crippen LogP contribution < -0.4 is 11.1 Å². The van der Waals surface area contributed by atoms with Gasteiger partial charge in [0.05, 0.1) is 11.1 Å². The number of aryl methyl sites for hydroxylation is 1. The lowest BCUT2D eigenvalue weighted by molar-refractivity contribution is -0.138. The molecule has 0 aromatic carbocycles. The molecule has 0 spiro atoms. The molecule has 2 aliphatic heterocycles. The third kappa shape index (κ3) is 3.41. The molecule has 0 aliphatic carbocycles. The van der Waals surface area contributed by atoms with Crippen LogP contribution in [0.25, 0.3) is 22.3 Å². The van der Waals surface area contributed by atoms with Crippen molar-refractivity contribution in [1.82, 2.24) is 34.5 Å². The summed E-state index contributed by atoms with van der Waals surface area (Å²) in [5, 5.41) is 29.3. The van der Waals surface area contributed by atoms with Gasteiger partial charge in [-0.1, -0.05) is 0 Å². The van der Waals surface area contributed by atoms with Crippen molar-refractivity contribution in [3.05, 3.63) is 24.8 Å². The Morgan fingerprint density at radius 3 is 2.78 bits per heavy atom. The number of fused-ring (bicyclic) bond motifs is 1. The topological polar surface area (TPSA) is 157 Å². The van der Waals surface area contributed by atoms with Gasteiger partial charge in [-0.2, -0.15) is 5.10 Å². The predicted molar refractivity (Wildman–Crippen MR) is 114 cm³/mol. The molecule has 5 heterocycles. The Labute approximate surface area is 183 Å². The summed E-state index contributed by atoms with van der Waals surface area (Å²) in [6.07, 6.45) is 0.638. The number of carbonyl (C=O) groups excluding carboxylic acids is 1. The number of likely N-dealkylation sites (tertiary alicyclic amines) is 1. The van der Waals surface area contributed by atoms with Crippen molar-refractivity contribution >= 4 is 22.8 Å². The van der Waals surface area contributed by atoms with Gasteiger partial charge in [0.1, 0.15) is 30.0 Å². The molecule has 3 aromatic rings. The lowest BCUT2D eigenvalue weighted by atomic mass is 10.1. The number of nitrogen functional groups attached to an aromatic ring is 1. The van der Waals surface area contributed by atoms with Crippen LogP contribution in [0.1, 0.15) is 12.6 Å². The highest BCUT2D eigenvalue weighted by Gasteiger charge is 2.48. The van der Waals surface area contributed by atoms with E-state index >= 15 is 0 Å². The number of carbonyl (C=O) groups is 1. The van der Waals surface area contributed by atoms with Crippen LogP contribution in [0.15, 0.2) is 24.8 Å². The van der Waals surface area contributed by atoms with Gasteiger partial charge in [-0.3, -0.25) is 9.48 Å². The first-order valence-corrected chi connectivity index (χ1v) is 10.4. The average molecular weight is 442 g/mol. The lowest BCUT2D eigenvalue weighted by Gasteiger charge is -2.18. The number of amides is 1. The van der Waals surface area contributed by atoms with E-state index in [4.69, 9.17) is 10.5 Å². The summed E-state index contributed by atoms with van der Waals surface area (Å²) in [5.41, 5.74) is 7.85. The fraction of sp³-hybridized carbons (Fsp3) is 0.500. The number of nitrogens with two attached hydrogens (primary N) is 1. The van der Waals surface area contributed by atoms with Crippen molar-refractivity contribution in [2.75, 3.05) is 25.9 Å². The summed E-state index contributed by atoms with van der Waals surface area (Å²) in [7, 11) is 3.78. The summed E-state index contributed by atoms with van der Waals surface area (Å²) in [6, 6.07) is 1.80. The maximum Gasteiger partial charge on any atom is 0.252 e. The highest BCUT2D eigenvalue weighted by molar-refractivity contribution is 5.99. The van der Waals surface area contributed by atoms with E-state index in [1.54, 1.807) is 28.7 Å². The summed E-state index contributed by atoms with van der Waals surface area (Å²) < 4.78 is 9.11. The standard InChI is InChI=1S/C20H26N8O4/c1-26-5-3-10(7-26)24-19(31)16-14(29)15(30)20(32-16)28-8-11(12-4-6-27(2)25-12)13-17(21)22-9-23-18(13)28/h4,6,8-10,14-16,20,29-30H,3,5,7H2,1-2H3,(H,24,31)(H2,21,22,23)/t10-,14-,15+,16-,20+/m0/s1. The first-order chi connectivity index (χ1) is 15.3. The zero-order chi connectivity index (χ0) is 22.6. The first-order valence-electron chi connectivity index (χ1n) is 10.4. The van der Waals surface area contributed by atoms with E-state index in [1.807, 2.05) is 13.1 Å². The van der Waals surface area contributed by atoms with Crippen molar-refractivity contribution in [2.45, 2.75) is 37.0 Å². The number of rotatable bonds is 4. The fourth-order valence-electron chi connectivity index (χ4n) is 4.50. The molecule has 2 aliphatic rings. The molecule has 32 heavy (non-hydrogen) atoms. The zero-order valence-corrected chi connectivity index (χ0v) is 17.8. The minimum Gasteiger partial charge on any atom is -0.387 e. The van der Waals surface area contributed by atoms with Gasteiger partial charge in [-0.15, -0.1) is 0 Å². The molecule has 0 saturated carbocycles. The number of hydrogen-bond donors (Lipinski definition) is 4. The Kier molecular flexibility index (Phi) is 5.08. The molecule has 5 atom stereocenters. The minimum atomic E-state index is -1.39. The van der Waals surface area contributed by atoms with Crippen LogP contribution in [0, 0.1) is 0 Å². The number of likely N-dealkylation sites (N-methyl/N-ethyl adjacent to an activating group) is 1. The van der Waals surface area contributed by atoms with Gasteiger partial charge in [-0.05, 0) is 26.1 Å². The smallest absolute Gasteiger partial charge is 0.252 e. The molecule has 5 N–H and O–H groups in total. The second kappa shape index (κ2) is 7.81. The average Bonchev–Trinajstić information content (AvgIpc) is 3.51. The number of anilines is 1. The Hall–Kier alpha value is -3.06. The maximum atomic E-state index is 12.8. The molecule has 0 unspecified atom stereocenters. The summed E-state index contributed by atoms with van der Waals surface area (Å²) in [6.45, 7) is 1.61. The first kappa shape index (κ1) is 20.8. The van der Waals surface area contributed by atoms with E-state index in [0.29, 0.717) is 22.3 Å². The number of nitrogens with zero attached hydrogens (tertiary/aromatic N) is 6. The van der Waals surface area contributed by atoms with Crippen LogP contribution >= 0.6 is 0 Å². The van der Waals surface area contributed by atoms with Crippen LogP contribution in [0.3, 0.4) is 0 Å². The Morgan fingerprint density at radius 1 is 1.28 bits per heavy atom. The third-order valence-corrected chi connectivity index (χ3v) is 6.14.